The molecule has 0 spiro atoms. The number of rotatable bonds is 6. The van der Waals surface area contributed by atoms with E-state index in [4.69, 9.17) is 5.11 Å². The van der Waals surface area contributed by atoms with Crippen molar-refractivity contribution >= 4 is 23.6 Å². The van der Waals surface area contributed by atoms with Crippen LogP contribution in [0, 0.1) is 0 Å². The van der Waals surface area contributed by atoms with E-state index in [1.165, 1.54) is 24.1 Å². The molecule has 1 aromatic carbocycles. The van der Waals surface area contributed by atoms with E-state index in [2.05, 4.69) is 0 Å². The summed E-state index contributed by atoms with van der Waals surface area (Å²) < 4.78 is 35.9. The van der Waals surface area contributed by atoms with Gasteiger partial charge in [-0.15, -0.1) is 11.8 Å². The fourth-order valence-corrected chi connectivity index (χ4v) is 2.21. The van der Waals surface area contributed by atoms with Gasteiger partial charge in [0.15, 0.2) is 0 Å². The topological polar surface area (TPSA) is 57.6 Å². The van der Waals surface area contributed by atoms with E-state index in [1.807, 2.05) is 0 Å². The molecule has 8 heteroatoms. The molecule has 1 N–H and O–H groups in total. The molecule has 0 radical (unpaired) electrons. The summed E-state index contributed by atoms with van der Waals surface area (Å²) in [6.07, 6.45) is -4.28. The van der Waals surface area contributed by atoms with Gasteiger partial charge in [0, 0.05) is 13.6 Å². The van der Waals surface area contributed by atoms with E-state index < -0.39 is 23.8 Å². The second kappa shape index (κ2) is 7.35. The highest BCUT2D eigenvalue weighted by Gasteiger charge is 2.27. The third kappa shape index (κ3) is 6.52. The van der Waals surface area contributed by atoms with Gasteiger partial charge >= 0.3 is 12.1 Å². The normalized spacial score (nSPS) is 11.2. The van der Waals surface area contributed by atoms with Crippen LogP contribution in [0.1, 0.15) is 15.9 Å². The Balaban J connectivity index is 2.46. The molecule has 0 saturated carbocycles. The molecular weight excluding hydrogens is 307 g/mol. The maximum Gasteiger partial charge on any atom is 0.397 e. The van der Waals surface area contributed by atoms with E-state index in [9.17, 15) is 22.8 Å². The van der Waals surface area contributed by atoms with Crippen LogP contribution in [0.5, 0.6) is 0 Å². The maximum absolute atomic E-state index is 12.0. The summed E-state index contributed by atoms with van der Waals surface area (Å²) >= 11 is 0.520. The summed E-state index contributed by atoms with van der Waals surface area (Å²) in [4.78, 5) is 23.6. The van der Waals surface area contributed by atoms with E-state index in [1.54, 1.807) is 12.1 Å². The van der Waals surface area contributed by atoms with Gasteiger partial charge in [0.25, 0.3) is 0 Å². The summed E-state index contributed by atoms with van der Waals surface area (Å²) in [5, 5.41) is 8.75. The lowest BCUT2D eigenvalue weighted by Gasteiger charge is -2.17. The van der Waals surface area contributed by atoms with Gasteiger partial charge in [-0.1, -0.05) is 12.1 Å². The van der Waals surface area contributed by atoms with Crippen molar-refractivity contribution in [3.8, 4) is 0 Å². The number of carbonyl (C=O) groups is 2. The zero-order valence-corrected chi connectivity index (χ0v) is 12.0. The Labute approximate surface area is 123 Å². The second-order valence-corrected chi connectivity index (χ2v) is 5.35. The molecule has 0 aliphatic carbocycles. The number of hydrogen-bond donors (Lipinski definition) is 1. The molecule has 0 heterocycles. The lowest BCUT2D eigenvalue weighted by atomic mass is 10.1. The van der Waals surface area contributed by atoms with Gasteiger partial charge in [-0.05, 0) is 17.7 Å². The maximum atomic E-state index is 12.0. The standard InChI is InChI=1S/C13H14F3NO3S/c1-17(11(18)7-21-8-13(14,15)16)6-9-2-4-10(5-3-9)12(19)20/h2-5H,6-8H2,1H3,(H,19,20). The molecule has 0 aromatic heterocycles. The van der Waals surface area contributed by atoms with Crippen LogP contribution in [0.3, 0.4) is 0 Å². The average molecular weight is 321 g/mol. The summed E-state index contributed by atoms with van der Waals surface area (Å²) in [6, 6.07) is 5.95. The minimum atomic E-state index is -4.28. The molecule has 0 aliphatic heterocycles. The van der Waals surface area contributed by atoms with Crippen LogP contribution in [0.4, 0.5) is 13.2 Å². The summed E-state index contributed by atoms with van der Waals surface area (Å²) in [5.41, 5.74) is 0.838. The van der Waals surface area contributed by atoms with Crippen molar-refractivity contribution in [2.24, 2.45) is 0 Å². The highest BCUT2D eigenvalue weighted by atomic mass is 32.2. The van der Waals surface area contributed by atoms with Gasteiger partial charge in [0.05, 0.1) is 17.1 Å². The molecule has 0 saturated heterocycles. The number of carboxylic acids is 1. The van der Waals surface area contributed by atoms with Crippen molar-refractivity contribution in [3.05, 3.63) is 35.4 Å². The zero-order chi connectivity index (χ0) is 16.0. The molecule has 0 unspecified atom stereocenters. The Morgan fingerprint density at radius 3 is 2.29 bits per heavy atom. The molecule has 116 valence electrons. The molecule has 0 atom stereocenters. The molecule has 0 aliphatic rings. The second-order valence-electron chi connectivity index (χ2n) is 4.36. The Bertz CT molecular complexity index is 502. The lowest BCUT2D eigenvalue weighted by molar-refractivity contribution is -0.127. The van der Waals surface area contributed by atoms with E-state index in [-0.39, 0.29) is 17.9 Å². The molecule has 1 aromatic rings. The predicted molar refractivity (Wildman–Crippen MR) is 73.3 cm³/mol. The summed E-state index contributed by atoms with van der Waals surface area (Å²) in [5.74, 6) is -2.76. The van der Waals surface area contributed by atoms with Crippen LogP contribution in [-0.4, -0.2) is 46.6 Å². The van der Waals surface area contributed by atoms with Crippen LogP contribution in [0.2, 0.25) is 0 Å². The van der Waals surface area contributed by atoms with Gasteiger partial charge in [-0.3, -0.25) is 4.79 Å². The van der Waals surface area contributed by atoms with Crippen LogP contribution in [-0.2, 0) is 11.3 Å². The largest absolute Gasteiger partial charge is 0.478 e. The Morgan fingerprint density at radius 1 is 1.24 bits per heavy atom. The van der Waals surface area contributed by atoms with Crippen molar-refractivity contribution in [3.63, 3.8) is 0 Å². The molecule has 1 amide bonds. The third-order valence-corrected chi connectivity index (χ3v) is 3.52. The van der Waals surface area contributed by atoms with Crippen molar-refractivity contribution in [2.75, 3.05) is 18.6 Å². The number of benzene rings is 1. The monoisotopic (exact) mass is 321 g/mol. The third-order valence-electron chi connectivity index (χ3n) is 2.54. The van der Waals surface area contributed by atoms with Crippen LogP contribution in [0.15, 0.2) is 24.3 Å². The molecule has 21 heavy (non-hydrogen) atoms. The number of aromatic carboxylic acids is 1. The SMILES string of the molecule is CN(Cc1ccc(C(=O)O)cc1)C(=O)CSCC(F)(F)F. The number of halogens is 3. The fraction of sp³-hybridized carbons (Fsp3) is 0.385. The summed E-state index contributed by atoms with van der Waals surface area (Å²) in [7, 11) is 1.49. The quantitative estimate of drug-likeness (QED) is 0.875. The first-order valence-corrected chi connectivity index (χ1v) is 7.05. The van der Waals surface area contributed by atoms with Gasteiger partial charge in [-0.2, -0.15) is 13.2 Å². The van der Waals surface area contributed by atoms with Crippen LogP contribution >= 0.6 is 11.8 Å². The average Bonchev–Trinajstić information content (AvgIpc) is 2.37. The Morgan fingerprint density at radius 2 is 1.81 bits per heavy atom. The highest BCUT2D eigenvalue weighted by Crippen LogP contribution is 2.21. The van der Waals surface area contributed by atoms with Crippen molar-refractivity contribution in [1.29, 1.82) is 0 Å². The zero-order valence-electron chi connectivity index (χ0n) is 11.2. The first-order valence-electron chi connectivity index (χ1n) is 5.90. The molecule has 1 rings (SSSR count). The molecule has 0 fully saturated rings. The number of carboxylic acid groups (broad SMARTS) is 1. The number of alkyl halides is 3. The Hall–Kier alpha value is -1.70. The van der Waals surface area contributed by atoms with Crippen molar-refractivity contribution < 1.29 is 27.9 Å². The smallest absolute Gasteiger partial charge is 0.397 e. The fourth-order valence-electron chi connectivity index (χ4n) is 1.48. The van der Waals surface area contributed by atoms with Crippen LogP contribution in [0.25, 0.3) is 0 Å². The number of thioether (sulfide) groups is 1. The number of nitrogens with zero attached hydrogens (tertiary/aromatic N) is 1. The van der Waals surface area contributed by atoms with Gasteiger partial charge in [-0.25, -0.2) is 4.79 Å². The molecule has 4 nitrogen and oxygen atoms in total. The number of amides is 1. The summed E-state index contributed by atoms with van der Waals surface area (Å²) in [6.45, 7) is 0.214. The van der Waals surface area contributed by atoms with E-state index in [0.29, 0.717) is 17.3 Å². The first-order chi connectivity index (χ1) is 9.69. The van der Waals surface area contributed by atoms with Crippen LogP contribution < -0.4 is 0 Å². The predicted octanol–water partition coefficient (Wildman–Crippen LogP) is 2.64. The van der Waals surface area contributed by atoms with E-state index in [0.717, 1.165) is 0 Å². The van der Waals surface area contributed by atoms with Crippen molar-refractivity contribution in [1.82, 2.24) is 4.90 Å². The molecule has 0 bridgehead atoms. The van der Waals surface area contributed by atoms with Gasteiger partial charge in [0.1, 0.15) is 0 Å². The highest BCUT2D eigenvalue weighted by molar-refractivity contribution is 8.00. The Kier molecular flexibility index (Phi) is 6.07. The minimum Gasteiger partial charge on any atom is -0.478 e. The van der Waals surface area contributed by atoms with Gasteiger partial charge in [0.2, 0.25) is 5.91 Å². The van der Waals surface area contributed by atoms with Gasteiger partial charge < -0.3 is 10.0 Å². The minimum absolute atomic E-state index is 0.133. The number of carbonyl (C=O) groups excluding carboxylic acids is 1. The van der Waals surface area contributed by atoms with Crippen molar-refractivity contribution in [2.45, 2.75) is 12.7 Å². The lowest BCUT2D eigenvalue weighted by Crippen LogP contribution is -2.28. The van der Waals surface area contributed by atoms with E-state index >= 15 is 0 Å². The molecular formula is C13H14F3NO3S. The first kappa shape index (κ1) is 17.4. The number of hydrogen-bond acceptors (Lipinski definition) is 3.